The highest BCUT2D eigenvalue weighted by atomic mass is 32.1. The number of hydrogen-bond acceptors (Lipinski definition) is 10. The molecule has 4 rings (SSSR count). The van der Waals surface area contributed by atoms with Crippen molar-refractivity contribution in [2.45, 2.75) is 44.8 Å². The van der Waals surface area contributed by atoms with Gasteiger partial charge in [0.15, 0.2) is 5.82 Å². The predicted molar refractivity (Wildman–Crippen MR) is 150 cm³/mol. The molecule has 10 nitrogen and oxygen atoms in total. The summed E-state index contributed by atoms with van der Waals surface area (Å²) in [6, 6.07) is 20.6. The van der Waals surface area contributed by atoms with Crippen molar-refractivity contribution < 1.29 is 19.7 Å². The van der Waals surface area contributed by atoms with E-state index in [0.717, 1.165) is 47.5 Å². The normalized spacial score (nSPS) is 11.6. The molecule has 0 bridgehead atoms. The number of anilines is 2. The number of aromatic nitrogens is 4. The summed E-state index contributed by atoms with van der Waals surface area (Å²) in [7, 11) is 0. The SMILES string of the molecule is O=C(Cc1ccccc1)Nc1ccc(CCCCc2nnc(NC(O)Cc3cccc(OCCO)c3)s2)nn1. The Hall–Kier alpha value is -3.93. The quantitative estimate of drug-likeness (QED) is 0.130. The maximum Gasteiger partial charge on any atom is 0.229 e. The molecule has 2 aromatic carbocycles. The van der Waals surface area contributed by atoms with Gasteiger partial charge >= 0.3 is 0 Å². The number of aliphatic hydroxyl groups is 2. The molecule has 204 valence electrons. The minimum Gasteiger partial charge on any atom is -0.491 e. The lowest BCUT2D eigenvalue weighted by atomic mass is 10.1. The molecule has 39 heavy (non-hydrogen) atoms. The number of carbonyl (C=O) groups is 1. The smallest absolute Gasteiger partial charge is 0.229 e. The van der Waals surface area contributed by atoms with Crippen molar-refractivity contribution in [2.24, 2.45) is 0 Å². The Bertz CT molecular complexity index is 1300. The fourth-order valence-electron chi connectivity index (χ4n) is 3.87. The Labute approximate surface area is 231 Å². The van der Waals surface area contributed by atoms with Crippen molar-refractivity contribution in [3.63, 3.8) is 0 Å². The number of amides is 1. The van der Waals surface area contributed by atoms with E-state index in [4.69, 9.17) is 9.84 Å². The molecule has 0 aliphatic rings. The number of aryl methyl sites for hydroxylation is 2. The molecular weight excluding hydrogens is 516 g/mol. The third-order valence-electron chi connectivity index (χ3n) is 5.71. The minimum atomic E-state index is -0.816. The molecule has 0 aliphatic carbocycles. The minimum absolute atomic E-state index is 0.0498. The number of carbonyl (C=O) groups excluding carboxylic acids is 1. The van der Waals surface area contributed by atoms with E-state index in [-0.39, 0.29) is 19.1 Å². The number of nitrogens with one attached hydrogen (secondary N) is 2. The molecule has 0 radical (unpaired) electrons. The number of rotatable bonds is 15. The predicted octanol–water partition coefficient (Wildman–Crippen LogP) is 3.42. The number of unbranched alkanes of at least 4 members (excludes halogenated alkanes) is 1. The van der Waals surface area contributed by atoms with Crippen LogP contribution in [0, 0.1) is 0 Å². The van der Waals surface area contributed by atoms with E-state index < -0.39 is 6.23 Å². The topological polar surface area (TPSA) is 142 Å². The average Bonchev–Trinajstić information content (AvgIpc) is 3.38. The van der Waals surface area contributed by atoms with Gasteiger partial charge in [0, 0.05) is 12.8 Å². The zero-order chi connectivity index (χ0) is 27.3. The molecule has 1 amide bonds. The van der Waals surface area contributed by atoms with Crippen LogP contribution in [0.5, 0.6) is 5.75 Å². The summed E-state index contributed by atoms with van der Waals surface area (Å²) < 4.78 is 5.42. The van der Waals surface area contributed by atoms with E-state index in [1.54, 1.807) is 6.07 Å². The molecule has 2 heterocycles. The van der Waals surface area contributed by atoms with Gasteiger partial charge in [0.25, 0.3) is 0 Å². The Kier molecular flexibility index (Phi) is 10.7. The molecule has 0 spiro atoms. The molecule has 1 unspecified atom stereocenters. The first-order valence-electron chi connectivity index (χ1n) is 12.8. The number of hydrogen-bond donors (Lipinski definition) is 4. The summed E-state index contributed by atoms with van der Waals surface area (Å²) in [5.41, 5.74) is 2.71. The van der Waals surface area contributed by atoms with Crippen LogP contribution >= 0.6 is 11.3 Å². The average molecular weight is 549 g/mol. The van der Waals surface area contributed by atoms with E-state index in [1.165, 1.54) is 11.3 Å². The van der Waals surface area contributed by atoms with E-state index >= 15 is 0 Å². The van der Waals surface area contributed by atoms with Crippen LogP contribution in [-0.4, -0.2) is 56.0 Å². The molecule has 2 aromatic heterocycles. The largest absolute Gasteiger partial charge is 0.491 e. The van der Waals surface area contributed by atoms with Crippen molar-refractivity contribution >= 4 is 28.2 Å². The molecule has 4 aromatic rings. The Balaban J connectivity index is 1.14. The van der Waals surface area contributed by atoms with Gasteiger partial charge in [-0.2, -0.15) is 5.10 Å². The molecule has 1 atom stereocenters. The van der Waals surface area contributed by atoms with Crippen LogP contribution in [0.2, 0.25) is 0 Å². The Morgan fingerprint density at radius 3 is 2.54 bits per heavy atom. The number of aliphatic hydroxyl groups excluding tert-OH is 2. The Morgan fingerprint density at radius 2 is 1.74 bits per heavy atom. The first kappa shape index (κ1) is 28.1. The monoisotopic (exact) mass is 548 g/mol. The van der Waals surface area contributed by atoms with Crippen LogP contribution in [0.1, 0.15) is 34.7 Å². The van der Waals surface area contributed by atoms with Crippen LogP contribution in [0.4, 0.5) is 10.9 Å². The van der Waals surface area contributed by atoms with Gasteiger partial charge in [-0.25, -0.2) is 0 Å². The van der Waals surface area contributed by atoms with Gasteiger partial charge in [0.2, 0.25) is 11.0 Å². The van der Waals surface area contributed by atoms with Gasteiger partial charge < -0.3 is 25.6 Å². The second kappa shape index (κ2) is 14.9. The highest BCUT2D eigenvalue weighted by molar-refractivity contribution is 7.15. The number of benzene rings is 2. The highest BCUT2D eigenvalue weighted by Crippen LogP contribution is 2.20. The Morgan fingerprint density at radius 1 is 0.923 bits per heavy atom. The second-order valence-electron chi connectivity index (χ2n) is 8.91. The molecule has 0 aliphatic heterocycles. The van der Waals surface area contributed by atoms with Gasteiger partial charge in [-0.05, 0) is 54.7 Å². The van der Waals surface area contributed by atoms with E-state index in [1.807, 2.05) is 60.7 Å². The highest BCUT2D eigenvalue weighted by Gasteiger charge is 2.11. The third kappa shape index (κ3) is 9.71. The summed E-state index contributed by atoms with van der Waals surface area (Å²) >= 11 is 1.43. The van der Waals surface area contributed by atoms with E-state index in [2.05, 4.69) is 31.0 Å². The summed E-state index contributed by atoms with van der Waals surface area (Å²) in [5, 5.41) is 43.3. The van der Waals surface area contributed by atoms with Crippen molar-refractivity contribution in [1.82, 2.24) is 20.4 Å². The zero-order valence-corrected chi connectivity index (χ0v) is 22.3. The zero-order valence-electron chi connectivity index (χ0n) is 21.5. The summed E-state index contributed by atoms with van der Waals surface area (Å²) in [6.45, 7) is 0.179. The lowest BCUT2D eigenvalue weighted by Gasteiger charge is -2.12. The molecule has 0 saturated heterocycles. The summed E-state index contributed by atoms with van der Waals surface area (Å²) in [5.74, 6) is 0.970. The molecule has 11 heteroatoms. The van der Waals surface area contributed by atoms with Gasteiger partial charge in [-0.1, -0.05) is 53.8 Å². The number of nitrogens with zero attached hydrogens (tertiary/aromatic N) is 4. The molecule has 0 fully saturated rings. The molecule has 4 N–H and O–H groups in total. The van der Waals surface area contributed by atoms with Crippen LogP contribution in [0.25, 0.3) is 0 Å². The molecule has 0 saturated carbocycles. The van der Waals surface area contributed by atoms with Crippen LogP contribution < -0.4 is 15.4 Å². The van der Waals surface area contributed by atoms with Crippen LogP contribution in [0.15, 0.2) is 66.7 Å². The van der Waals surface area contributed by atoms with E-state index in [0.29, 0.717) is 29.5 Å². The van der Waals surface area contributed by atoms with Crippen molar-refractivity contribution in [1.29, 1.82) is 0 Å². The standard InChI is InChI=1S/C28H32N6O4S/c35-15-16-38-23-11-6-9-21(17-23)19-26(37)30-28-34-33-27(39-28)12-5-4-10-22-13-14-24(32-31-22)29-25(36)18-20-7-2-1-3-8-20/h1-3,6-9,11,13-14,17,26,35,37H,4-5,10,12,15-16,18-19H2,(H,30,34)(H,29,32,36). The van der Waals surface area contributed by atoms with Gasteiger partial charge in [-0.15, -0.1) is 15.3 Å². The summed E-state index contributed by atoms with van der Waals surface area (Å²) in [4.78, 5) is 12.2. The van der Waals surface area contributed by atoms with E-state index in [9.17, 15) is 9.90 Å². The summed E-state index contributed by atoms with van der Waals surface area (Å²) in [6.07, 6.45) is 3.23. The second-order valence-corrected chi connectivity index (χ2v) is 9.97. The van der Waals surface area contributed by atoms with Gasteiger partial charge in [0.1, 0.15) is 23.6 Å². The van der Waals surface area contributed by atoms with Gasteiger partial charge in [0.05, 0.1) is 18.7 Å². The maximum atomic E-state index is 12.2. The fraction of sp³-hybridized carbons (Fsp3) is 0.321. The van der Waals surface area contributed by atoms with Crippen LogP contribution in [0.3, 0.4) is 0 Å². The van der Waals surface area contributed by atoms with Crippen LogP contribution in [-0.2, 0) is 30.5 Å². The first-order chi connectivity index (χ1) is 19.1. The van der Waals surface area contributed by atoms with Gasteiger partial charge in [-0.3, -0.25) is 4.79 Å². The third-order valence-corrected chi connectivity index (χ3v) is 6.63. The number of ether oxygens (including phenoxy) is 1. The fourth-order valence-corrected chi connectivity index (χ4v) is 4.69. The maximum absolute atomic E-state index is 12.2. The lowest BCUT2D eigenvalue weighted by molar-refractivity contribution is -0.115. The van der Waals surface area contributed by atoms with Crippen molar-refractivity contribution in [3.05, 3.63) is 88.6 Å². The lowest BCUT2D eigenvalue weighted by Crippen LogP contribution is -2.21. The van der Waals surface area contributed by atoms with Crippen molar-refractivity contribution in [3.8, 4) is 5.75 Å². The van der Waals surface area contributed by atoms with Crippen molar-refractivity contribution in [2.75, 3.05) is 23.8 Å². The first-order valence-corrected chi connectivity index (χ1v) is 13.6. The molecular formula is C28H32N6O4S.